The Balaban J connectivity index is 0.861. The zero-order chi connectivity index (χ0) is 52.7. The van der Waals surface area contributed by atoms with Gasteiger partial charge in [-0.3, -0.25) is 0 Å². The van der Waals surface area contributed by atoms with Crippen LogP contribution in [0.3, 0.4) is 0 Å². The van der Waals surface area contributed by atoms with Gasteiger partial charge in [0.1, 0.15) is 79.4 Å². The first-order chi connectivity index (χ1) is 34.2. The topological polar surface area (TPSA) is 315 Å². The van der Waals surface area contributed by atoms with Gasteiger partial charge in [0.2, 0.25) is 0 Å². The van der Waals surface area contributed by atoms with E-state index in [1.54, 1.807) is 6.92 Å². The third-order valence-electron chi connectivity index (χ3n) is 20.4. The van der Waals surface area contributed by atoms with Gasteiger partial charge < -0.3 is 104 Å². The number of hydrogen-bond donors (Lipinski definition) is 11. The van der Waals surface area contributed by atoms with E-state index >= 15 is 0 Å². The molecule has 4 aliphatic carbocycles. The SMILES string of the molecule is CC(C)=CC1C[C@](C)(O)[C@@H]2[C@H]3CC[C@@H]4[C@@]5(C)CC[C@H](OC6OC(C)C(O)C(O)C6OC6OCC(O)C(O)C6OC6OC(CO)C(O)C(OC7OCC(O)C(O)C7O)C6O)C(C)(C)C5CC[C@@]4(C)[C@@]34CO[C@@]2(C4)O1. The molecular weight excluding hydrogens is 961 g/mol. The van der Waals surface area contributed by atoms with Crippen molar-refractivity contribution in [3.8, 4) is 0 Å². The lowest BCUT2D eigenvalue weighted by Crippen LogP contribution is -2.68. The first-order valence-electron chi connectivity index (χ1n) is 26.8. The molecule has 6 saturated heterocycles. The van der Waals surface area contributed by atoms with Crippen LogP contribution < -0.4 is 0 Å². The second-order valence-electron chi connectivity index (χ2n) is 25.3. The maximum atomic E-state index is 12.3. The van der Waals surface area contributed by atoms with Gasteiger partial charge in [0, 0.05) is 24.2 Å². The van der Waals surface area contributed by atoms with Crippen LogP contribution in [0.25, 0.3) is 0 Å². The van der Waals surface area contributed by atoms with Crippen molar-refractivity contribution >= 4 is 0 Å². The van der Waals surface area contributed by atoms with Gasteiger partial charge in [-0.25, -0.2) is 0 Å². The van der Waals surface area contributed by atoms with Crippen LogP contribution in [0.15, 0.2) is 11.6 Å². The summed E-state index contributed by atoms with van der Waals surface area (Å²) in [6.07, 6.45) is -20.4. The largest absolute Gasteiger partial charge is 0.394 e. The molecule has 4 saturated carbocycles. The molecule has 0 amide bonds. The molecule has 29 atom stereocenters. The molecule has 73 heavy (non-hydrogen) atoms. The van der Waals surface area contributed by atoms with Gasteiger partial charge >= 0.3 is 0 Å². The van der Waals surface area contributed by atoms with Gasteiger partial charge in [0.15, 0.2) is 30.9 Å². The van der Waals surface area contributed by atoms with E-state index in [4.69, 9.17) is 47.4 Å². The Kier molecular flexibility index (Phi) is 14.8. The highest BCUT2D eigenvalue weighted by atomic mass is 16.8. The Morgan fingerprint density at radius 3 is 2.00 bits per heavy atom. The minimum Gasteiger partial charge on any atom is -0.394 e. The first kappa shape index (κ1) is 55.2. The summed E-state index contributed by atoms with van der Waals surface area (Å²) in [5, 5.41) is 121. The molecule has 21 nitrogen and oxygen atoms in total. The van der Waals surface area contributed by atoms with Crippen LogP contribution >= 0.6 is 0 Å². The van der Waals surface area contributed by atoms with Crippen molar-refractivity contribution in [3.63, 3.8) is 0 Å². The zero-order valence-electron chi connectivity index (χ0n) is 43.4. The van der Waals surface area contributed by atoms with Crippen molar-refractivity contribution in [1.82, 2.24) is 0 Å². The fourth-order valence-electron chi connectivity index (χ4n) is 16.9. The Bertz CT molecular complexity index is 2010. The van der Waals surface area contributed by atoms with E-state index in [1.807, 2.05) is 6.92 Å². The summed E-state index contributed by atoms with van der Waals surface area (Å²) < 4.78 is 62.3. The first-order valence-corrected chi connectivity index (χ1v) is 26.8. The highest BCUT2D eigenvalue weighted by Crippen LogP contribution is 2.80. The summed E-state index contributed by atoms with van der Waals surface area (Å²) in [5.74, 6) is -0.113. The number of ether oxygens (including phenoxy) is 10. The molecule has 0 aromatic carbocycles. The average Bonchev–Trinajstić information content (AvgIpc) is 3.84. The van der Waals surface area contributed by atoms with Crippen molar-refractivity contribution in [2.75, 3.05) is 26.4 Å². The Morgan fingerprint density at radius 2 is 1.30 bits per heavy atom. The van der Waals surface area contributed by atoms with Gasteiger partial charge in [-0.05, 0) is 100 Å². The summed E-state index contributed by atoms with van der Waals surface area (Å²) in [7, 11) is 0. The van der Waals surface area contributed by atoms with E-state index in [-0.39, 0.29) is 40.1 Å². The van der Waals surface area contributed by atoms with Crippen molar-refractivity contribution in [2.24, 2.45) is 45.3 Å². The minimum absolute atomic E-state index is 0.0825. The third-order valence-corrected chi connectivity index (χ3v) is 20.4. The summed E-state index contributed by atoms with van der Waals surface area (Å²) in [6, 6.07) is 0. The van der Waals surface area contributed by atoms with Gasteiger partial charge in [-0.2, -0.15) is 0 Å². The Labute approximate surface area is 426 Å². The molecule has 418 valence electrons. The summed E-state index contributed by atoms with van der Waals surface area (Å²) in [4.78, 5) is 0. The Hall–Kier alpha value is -1.10. The number of hydrogen-bond acceptors (Lipinski definition) is 21. The Morgan fingerprint density at radius 1 is 0.644 bits per heavy atom. The van der Waals surface area contributed by atoms with Crippen molar-refractivity contribution < 1.29 is 104 Å². The fraction of sp³-hybridized carbons (Fsp3) is 0.962. The summed E-state index contributed by atoms with van der Waals surface area (Å²) in [5.41, 5.74) is -0.563. The highest BCUT2D eigenvalue weighted by molar-refractivity contribution is 5.27. The molecule has 0 aromatic heterocycles. The van der Waals surface area contributed by atoms with Crippen LogP contribution in [0.5, 0.6) is 0 Å². The average molecular weight is 1050 g/mol. The lowest BCUT2D eigenvalue weighted by atomic mass is 9.35. The van der Waals surface area contributed by atoms with Crippen molar-refractivity contribution in [2.45, 2.75) is 241 Å². The van der Waals surface area contributed by atoms with E-state index < -0.39 is 153 Å². The lowest BCUT2D eigenvalue weighted by molar-refractivity contribution is -0.394. The monoisotopic (exact) mass is 1040 g/mol. The standard InChI is InChI=1S/C52H84O21/c1-22(2)15-24-16-50(8,63)42-25-9-10-30-48(6)13-12-31(47(4,5)29(48)11-14-49(30,7)51(25)20-52(42,73-24)66-21-51)69-46-41(36(60)32(56)23(3)67-46)72-45-40(34(58)27(55)19-65-45)71-44-38(62)39(35(59)28(17-53)68-44)70-43-37(61)33(57)26(54)18-64-43/h15,23-46,53-63H,9-14,16-21H2,1-8H3/t23?,24?,25-,26?,27?,28?,29?,30-,31+,32?,33?,34?,35?,36?,37?,38?,39?,40?,41?,42+,43?,44?,45?,46?,48+,49-,50+,51+,52+/m1/s1. The molecule has 11 N–H and O–H groups in total. The molecule has 2 spiro atoms. The number of rotatable bonds is 10. The molecule has 21 heteroatoms. The van der Waals surface area contributed by atoms with E-state index in [2.05, 4.69) is 47.6 Å². The molecular formula is C52H84O21. The molecule has 20 unspecified atom stereocenters. The van der Waals surface area contributed by atoms with E-state index in [0.29, 0.717) is 25.4 Å². The third kappa shape index (κ3) is 8.77. The molecule has 10 aliphatic rings. The quantitative estimate of drug-likeness (QED) is 0.0967. The molecule has 10 rings (SSSR count). The number of fused-ring (bicyclic) bond motifs is 4. The second-order valence-corrected chi connectivity index (χ2v) is 25.3. The maximum Gasteiger partial charge on any atom is 0.187 e. The zero-order valence-corrected chi connectivity index (χ0v) is 43.4. The van der Waals surface area contributed by atoms with Gasteiger partial charge in [-0.1, -0.05) is 39.3 Å². The number of aliphatic hydroxyl groups excluding tert-OH is 10. The van der Waals surface area contributed by atoms with Gasteiger partial charge in [0.05, 0.1) is 50.3 Å². The molecule has 10 fully saturated rings. The highest BCUT2D eigenvalue weighted by Gasteiger charge is 2.81. The van der Waals surface area contributed by atoms with Crippen LogP contribution in [0, 0.1) is 45.3 Å². The molecule has 6 heterocycles. The normalized spacial score (nSPS) is 57.5. The summed E-state index contributed by atoms with van der Waals surface area (Å²) >= 11 is 0. The molecule has 2 bridgehead atoms. The molecule has 0 radical (unpaired) electrons. The van der Waals surface area contributed by atoms with Crippen molar-refractivity contribution in [1.29, 1.82) is 0 Å². The summed E-state index contributed by atoms with van der Waals surface area (Å²) in [6.45, 7) is 16.0. The van der Waals surface area contributed by atoms with Crippen LogP contribution in [0.4, 0.5) is 0 Å². The smallest absolute Gasteiger partial charge is 0.187 e. The lowest BCUT2D eigenvalue weighted by Gasteiger charge is -2.70. The molecule has 0 aromatic rings. The van der Waals surface area contributed by atoms with Crippen LogP contribution in [-0.2, 0) is 47.4 Å². The maximum absolute atomic E-state index is 12.3. The number of aliphatic hydroxyl groups is 11. The second kappa shape index (κ2) is 19.6. The molecule has 6 aliphatic heterocycles. The van der Waals surface area contributed by atoms with Crippen LogP contribution in [0.2, 0.25) is 0 Å². The number of allylic oxidation sites excluding steroid dienone is 1. The van der Waals surface area contributed by atoms with E-state index in [9.17, 15) is 56.2 Å². The predicted octanol–water partition coefficient (Wildman–Crippen LogP) is -0.542. The van der Waals surface area contributed by atoms with E-state index in [0.717, 1.165) is 44.1 Å². The van der Waals surface area contributed by atoms with Gasteiger partial charge in [-0.15, -0.1) is 0 Å². The predicted molar refractivity (Wildman–Crippen MR) is 250 cm³/mol. The minimum atomic E-state index is -1.94. The van der Waals surface area contributed by atoms with Gasteiger partial charge in [0.25, 0.3) is 0 Å². The van der Waals surface area contributed by atoms with E-state index in [1.165, 1.54) is 0 Å². The van der Waals surface area contributed by atoms with Crippen molar-refractivity contribution in [3.05, 3.63) is 11.6 Å². The fourth-order valence-corrected chi connectivity index (χ4v) is 16.9. The van der Waals surface area contributed by atoms with Crippen LogP contribution in [0.1, 0.15) is 107 Å². The van der Waals surface area contributed by atoms with Crippen LogP contribution in [-0.4, -0.2) is 217 Å².